The Morgan fingerprint density at radius 1 is 1.06 bits per heavy atom. The Bertz CT molecular complexity index is 1250. The Labute approximate surface area is 214 Å². The van der Waals surface area contributed by atoms with E-state index in [4.69, 9.17) is 9.47 Å². The third-order valence-corrected chi connectivity index (χ3v) is 6.93. The van der Waals surface area contributed by atoms with Crippen LogP contribution in [0.1, 0.15) is 31.1 Å². The average Bonchev–Trinajstić information content (AvgIpc) is 3.20. The third-order valence-electron chi connectivity index (χ3n) is 5.89. The van der Waals surface area contributed by atoms with Gasteiger partial charge in [-0.15, -0.1) is 11.8 Å². The molecule has 0 spiro atoms. The number of nitrogens with one attached hydrogen (secondary N) is 1. The van der Waals surface area contributed by atoms with Gasteiger partial charge in [-0.1, -0.05) is 30.3 Å². The molecule has 3 aromatic rings. The molecular formula is C27H31N3O5S. The van der Waals surface area contributed by atoms with E-state index in [-0.39, 0.29) is 42.9 Å². The fourth-order valence-corrected chi connectivity index (χ4v) is 5.28. The van der Waals surface area contributed by atoms with Crippen LogP contribution in [-0.2, 0) is 25.6 Å². The van der Waals surface area contributed by atoms with E-state index >= 15 is 0 Å². The van der Waals surface area contributed by atoms with Crippen molar-refractivity contribution in [2.75, 3.05) is 30.8 Å². The lowest BCUT2D eigenvalue weighted by atomic mass is 10.2. The summed E-state index contributed by atoms with van der Waals surface area (Å²) < 4.78 is 12.8. The first-order chi connectivity index (χ1) is 17.4. The highest BCUT2D eigenvalue weighted by molar-refractivity contribution is 8.00. The van der Waals surface area contributed by atoms with E-state index in [0.29, 0.717) is 24.3 Å². The summed E-state index contributed by atoms with van der Waals surface area (Å²) in [4.78, 5) is 40.8. The van der Waals surface area contributed by atoms with Gasteiger partial charge < -0.3 is 24.3 Å². The monoisotopic (exact) mass is 509 g/mol. The molecule has 0 radical (unpaired) electrons. The van der Waals surface area contributed by atoms with Gasteiger partial charge in [-0.2, -0.15) is 0 Å². The van der Waals surface area contributed by atoms with Crippen molar-refractivity contribution in [2.45, 2.75) is 44.4 Å². The molecule has 8 nitrogen and oxygen atoms in total. The van der Waals surface area contributed by atoms with Crippen molar-refractivity contribution >= 4 is 46.1 Å². The van der Waals surface area contributed by atoms with Crippen molar-refractivity contribution in [2.24, 2.45) is 0 Å². The number of aromatic nitrogens is 1. The van der Waals surface area contributed by atoms with Gasteiger partial charge in [0, 0.05) is 35.1 Å². The van der Waals surface area contributed by atoms with Gasteiger partial charge in [-0.05, 0) is 39.0 Å². The van der Waals surface area contributed by atoms with Gasteiger partial charge in [0.05, 0.1) is 35.8 Å². The number of esters is 1. The summed E-state index contributed by atoms with van der Waals surface area (Å²) in [5.74, 6) is -0.515. The van der Waals surface area contributed by atoms with Crippen molar-refractivity contribution in [3.63, 3.8) is 0 Å². The quantitative estimate of drug-likeness (QED) is 0.362. The second kappa shape index (κ2) is 11.6. The highest BCUT2D eigenvalue weighted by atomic mass is 32.2. The number of rotatable bonds is 8. The summed E-state index contributed by atoms with van der Waals surface area (Å²) in [7, 11) is 0. The lowest BCUT2D eigenvalue weighted by molar-refractivity contribution is -0.143. The first kappa shape index (κ1) is 25.8. The Kier molecular flexibility index (Phi) is 8.32. The number of carbonyl (C=O) groups is 3. The number of nitrogens with zero attached hydrogens (tertiary/aromatic N) is 2. The van der Waals surface area contributed by atoms with Gasteiger partial charge in [0.25, 0.3) is 0 Å². The summed E-state index contributed by atoms with van der Waals surface area (Å²) in [6.07, 6.45) is 1.95. The van der Waals surface area contributed by atoms with Gasteiger partial charge in [0.1, 0.15) is 6.54 Å². The minimum absolute atomic E-state index is 0.0118. The second-order valence-corrected chi connectivity index (χ2v) is 9.81. The molecule has 2 heterocycles. The van der Waals surface area contributed by atoms with Crippen LogP contribution < -0.4 is 5.32 Å². The molecule has 2 atom stereocenters. The standard InChI is InChI=1S/C27H31N3O5S/c1-4-34-27(33)20-9-5-7-11-22(20)28-25(31)17-36-24-15-29(23-12-8-6-10-21(23)24)16-26(32)30-13-18(2)35-19(3)14-30/h5-12,15,18-19H,4,13-14,16-17H2,1-3H3,(H,28,31). The molecular weight excluding hydrogens is 478 g/mol. The van der Waals surface area contributed by atoms with Gasteiger partial charge in [0.2, 0.25) is 11.8 Å². The molecule has 36 heavy (non-hydrogen) atoms. The van der Waals surface area contributed by atoms with Crippen LogP contribution in [0.25, 0.3) is 10.9 Å². The number of fused-ring (bicyclic) bond motifs is 1. The highest BCUT2D eigenvalue weighted by Gasteiger charge is 2.26. The maximum Gasteiger partial charge on any atom is 0.340 e. The number of para-hydroxylation sites is 2. The van der Waals surface area contributed by atoms with Crippen molar-refractivity contribution < 1.29 is 23.9 Å². The molecule has 190 valence electrons. The lowest BCUT2D eigenvalue weighted by Gasteiger charge is -2.35. The Morgan fingerprint density at radius 2 is 1.75 bits per heavy atom. The van der Waals surface area contributed by atoms with E-state index < -0.39 is 5.97 Å². The van der Waals surface area contributed by atoms with E-state index in [1.165, 1.54) is 11.8 Å². The predicted octanol–water partition coefficient (Wildman–Crippen LogP) is 4.18. The SMILES string of the molecule is CCOC(=O)c1ccccc1NC(=O)CSc1cn(CC(=O)N2CC(C)OC(C)C2)c2ccccc12. The minimum atomic E-state index is -0.474. The molecule has 0 saturated carbocycles. The molecule has 2 aromatic carbocycles. The van der Waals surface area contributed by atoms with E-state index in [9.17, 15) is 14.4 Å². The number of hydrogen-bond donors (Lipinski definition) is 1. The molecule has 2 amide bonds. The molecule has 0 bridgehead atoms. The maximum absolute atomic E-state index is 13.1. The summed E-state index contributed by atoms with van der Waals surface area (Å²) >= 11 is 1.39. The molecule has 1 aromatic heterocycles. The Hall–Kier alpha value is -3.30. The minimum Gasteiger partial charge on any atom is -0.462 e. The average molecular weight is 510 g/mol. The molecule has 0 aliphatic carbocycles. The van der Waals surface area contributed by atoms with Gasteiger partial charge >= 0.3 is 5.97 Å². The molecule has 1 aliphatic heterocycles. The summed E-state index contributed by atoms with van der Waals surface area (Å²) in [6, 6.07) is 14.6. The number of hydrogen-bond acceptors (Lipinski definition) is 6. The molecule has 2 unspecified atom stereocenters. The molecule has 1 fully saturated rings. The van der Waals surface area contributed by atoms with Gasteiger partial charge in [-0.3, -0.25) is 9.59 Å². The van der Waals surface area contributed by atoms with Gasteiger partial charge in [0.15, 0.2) is 0 Å². The van der Waals surface area contributed by atoms with E-state index in [1.54, 1.807) is 31.2 Å². The zero-order valence-corrected chi connectivity index (χ0v) is 21.5. The first-order valence-electron chi connectivity index (χ1n) is 12.1. The van der Waals surface area contributed by atoms with Crippen LogP contribution in [0.2, 0.25) is 0 Å². The summed E-state index contributed by atoms with van der Waals surface area (Å²) in [5.41, 5.74) is 1.68. The number of thioether (sulfide) groups is 1. The van der Waals surface area contributed by atoms with Crippen LogP contribution in [0.5, 0.6) is 0 Å². The van der Waals surface area contributed by atoms with E-state index in [1.807, 2.05) is 53.8 Å². The van der Waals surface area contributed by atoms with Crippen LogP contribution in [0.15, 0.2) is 59.6 Å². The number of ether oxygens (including phenoxy) is 2. The maximum atomic E-state index is 13.1. The zero-order chi connectivity index (χ0) is 25.7. The van der Waals surface area contributed by atoms with Crippen LogP contribution in [0.3, 0.4) is 0 Å². The van der Waals surface area contributed by atoms with Crippen molar-refractivity contribution in [1.82, 2.24) is 9.47 Å². The molecule has 1 N–H and O–H groups in total. The summed E-state index contributed by atoms with van der Waals surface area (Å²) in [6.45, 7) is 7.33. The molecule has 1 saturated heterocycles. The zero-order valence-electron chi connectivity index (χ0n) is 20.7. The second-order valence-electron chi connectivity index (χ2n) is 8.80. The van der Waals surface area contributed by atoms with Gasteiger partial charge in [-0.25, -0.2) is 4.79 Å². The Morgan fingerprint density at radius 3 is 2.50 bits per heavy atom. The first-order valence-corrected chi connectivity index (χ1v) is 13.0. The lowest BCUT2D eigenvalue weighted by Crippen LogP contribution is -2.49. The number of benzene rings is 2. The summed E-state index contributed by atoms with van der Waals surface area (Å²) in [5, 5.41) is 3.80. The van der Waals surface area contributed by atoms with Crippen LogP contribution in [0.4, 0.5) is 5.69 Å². The largest absolute Gasteiger partial charge is 0.462 e. The van der Waals surface area contributed by atoms with Crippen LogP contribution >= 0.6 is 11.8 Å². The predicted molar refractivity (Wildman–Crippen MR) is 140 cm³/mol. The molecule has 1 aliphatic rings. The fraction of sp³-hybridized carbons (Fsp3) is 0.370. The normalized spacial score (nSPS) is 17.7. The number of morpholine rings is 1. The molecule has 9 heteroatoms. The Balaban J connectivity index is 1.45. The van der Waals surface area contributed by atoms with Crippen molar-refractivity contribution in [3.05, 3.63) is 60.3 Å². The van der Waals surface area contributed by atoms with E-state index in [2.05, 4.69) is 5.32 Å². The van der Waals surface area contributed by atoms with Crippen molar-refractivity contribution in [1.29, 1.82) is 0 Å². The smallest absolute Gasteiger partial charge is 0.340 e. The highest BCUT2D eigenvalue weighted by Crippen LogP contribution is 2.30. The van der Waals surface area contributed by atoms with E-state index in [0.717, 1.165) is 15.8 Å². The topological polar surface area (TPSA) is 89.9 Å². The number of anilines is 1. The van der Waals surface area contributed by atoms with Crippen molar-refractivity contribution in [3.8, 4) is 0 Å². The number of carbonyl (C=O) groups excluding carboxylic acids is 3. The fourth-order valence-electron chi connectivity index (χ4n) is 4.39. The third kappa shape index (κ3) is 6.09. The van der Waals surface area contributed by atoms with Crippen LogP contribution in [-0.4, -0.2) is 64.9 Å². The van der Waals surface area contributed by atoms with Crippen LogP contribution in [0, 0.1) is 0 Å². The number of amides is 2. The molecule has 4 rings (SSSR count).